The summed E-state index contributed by atoms with van der Waals surface area (Å²) in [7, 11) is -1.92. The minimum atomic E-state index is -3.46. The summed E-state index contributed by atoms with van der Waals surface area (Å²) >= 11 is 0. The third kappa shape index (κ3) is 3.74. The number of anilines is 1. The fourth-order valence-electron chi connectivity index (χ4n) is 0.953. The molecule has 7 heteroatoms. The molecule has 0 bridgehead atoms. The number of benzene rings is 1. The Balaban J connectivity index is 2.65. The lowest BCUT2D eigenvalue weighted by Crippen LogP contribution is -2.34. The molecule has 0 aliphatic rings. The molecule has 84 valence electrons. The smallest absolute Gasteiger partial charge is 0.242 e. The van der Waals surface area contributed by atoms with Crippen molar-refractivity contribution >= 4 is 15.7 Å². The molecule has 0 aliphatic carbocycles. The van der Waals surface area contributed by atoms with Crippen molar-refractivity contribution in [2.45, 2.75) is 0 Å². The van der Waals surface area contributed by atoms with Crippen LogP contribution in [0.5, 0.6) is 5.75 Å². The monoisotopic (exact) mass is 231 g/mol. The molecular formula is C8H13N3O3S. The van der Waals surface area contributed by atoms with Gasteiger partial charge in [0.15, 0.2) is 0 Å². The van der Waals surface area contributed by atoms with Crippen molar-refractivity contribution in [2.24, 2.45) is 5.84 Å². The predicted molar refractivity (Wildman–Crippen MR) is 57.7 cm³/mol. The predicted octanol–water partition coefficient (Wildman–Crippen LogP) is -0.142. The van der Waals surface area contributed by atoms with Gasteiger partial charge < -0.3 is 10.1 Å². The first kappa shape index (κ1) is 11.8. The van der Waals surface area contributed by atoms with Gasteiger partial charge in [0.1, 0.15) is 11.6 Å². The highest BCUT2D eigenvalue weighted by molar-refractivity contribution is 7.89. The summed E-state index contributed by atoms with van der Waals surface area (Å²) in [5.74, 6) is 5.19. The molecule has 1 rings (SSSR count). The molecule has 0 unspecified atom stereocenters. The summed E-state index contributed by atoms with van der Waals surface area (Å²) in [5, 5.41) is 2.70. The van der Waals surface area contributed by atoms with Gasteiger partial charge in [-0.05, 0) is 12.1 Å². The van der Waals surface area contributed by atoms with E-state index < -0.39 is 10.0 Å². The van der Waals surface area contributed by atoms with E-state index in [0.717, 1.165) is 0 Å². The molecule has 1 aromatic rings. The van der Waals surface area contributed by atoms with Crippen LogP contribution in [0.1, 0.15) is 0 Å². The van der Waals surface area contributed by atoms with Gasteiger partial charge in [-0.2, -0.15) is 4.83 Å². The van der Waals surface area contributed by atoms with Crippen LogP contribution >= 0.6 is 0 Å². The SMILES string of the molecule is COc1cccc(NCS(=O)(=O)NN)c1. The number of nitrogens with two attached hydrogens (primary N) is 1. The molecule has 0 aromatic heterocycles. The summed E-state index contributed by atoms with van der Waals surface area (Å²) in [6.45, 7) is 0. The Morgan fingerprint density at radius 2 is 2.20 bits per heavy atom. The number of nitrogens with one attached hydrogen (secondary N) is 2. The molecule has 0 atom stereocenters. The maximum Gasteiger partial charge on any atom is 0.242 e. The zero-order valence-electron chi connectivity index (χ0n) is 8.23. The maximum absolute atomic E-state index is 11.0. The van der Waals surface area contributed by atoms with Crippen molar-refractivity contribution < 1.29 is 13.2 Å². The fraction of sp³-hybridized carbons (Fsp3) is 0.250. The zero-order chi connectivity index (χ0) is 11.3. The van der Waals surface area contributed by atoms with Crippen LogP contribution < -0.4 is 20.7 Å². The molecule has 0 saturated carbocycles. The molecule has 0 aliphatic heterocycles. The largest absolute Gasteiger partial charge is 0.497 e. The quantitative estimate of drug-likeness (QED) is 0.484. The van der Waals surface area contributed by atoms with Crippen LogP contribution in [0, 0.1) is 0 Å². The van der Waals surface area contributed by atoms with Crippen LogP contribution in [0.2, 0.25) is 0 Å². The van der Waals surface area contributed by atoms with E-state index in [9.17, 15) is 8.42 Å². The van der Waals surface area contributed by atoms with Gasteiger partial charge in [-0.25, -0.2) is 8.42 Å². The molecule has 0 fully saturated rings. The van der Waals surface area contributed by atoms with Gasteiger partial charge in [-0.3, -0.25) is 5.84 Å². The second kappa shape index (κ2) is 4.96. The zero-order valence-corrected chi connectivity index (χ0v) is 9.04. The Labute approximate surface area is 88.4 Å². The van der Waals surface area contributed by atoms with Crippen LogP contribution in [0.3, 0.4) is 0 Å². The number of hydrazine groups is 1. The molecule has 0 amide bonds. The van der Waals surface area contributed by atoms with Crippen LogP contribution in [0.25, 0.3) is 0 Å². The van der Waals surface area contributed by atoms with Gasteiger partial charge >= 0.3 is 0 Å². The first-order chi connectivity index (χ1) is 7.07. The summed E-state index contributed by atoms with van der Waals surface area (Å²) in [4.78, 5) is 1.72. The van der Waals surface area contributed by atoms with Gasteiger partial charge in [0.25, 0.3) is 0 Å². The van der Waals surface area contributed by atoms with Crippen molar-refractivity contribution in [1.82, 2.24) is 4.83 Å². The van der Waals surface area contributed by atoms with Crippen molar-refractivity contribution in [3.8, 4) is 5.75 Å². The van der Waals surface area contributed by atoms with Gasteiger partial charge in [0, 0.05) is 11.8 Å². The van der Waals surface area contributed by atoms with Crippen LogP contribution in [0.4, 0.5) is 5.69 Å². The van der Waals surface area contributed by atoms with E-state index in [1.165, 1.54) is 7.11 Å². The molecule has 0 spiro atoms. The minimum Gasteiger partial charge on any atom is -0.497 e. The molecule has 0 radical (unpaired) electrons. The molecule has 6 nitrogen and oxygen atoms in total. The highest BCUT2D eigenvalue weighted by Gasteiger charge is 2.06. The van der Waals surface area contributed by atoms with Crippen LogP contribution in [-0.2, 0) is 10.0 Å². The Morgan fingerprint density at radius 3 is 2.80 bits per heavy atom. The molecule has 0 saturated heterocycles. The van der Waals surface area contributed by atoms with Crippen LogP contribution in [-0.4, -0.2) is 21.4 Å². The highest BCUT2D eigenvalue weighted by Crippen LogP contribution is 2.16. The maximum atomic E-state index is 11.0. The topological polar surface area (TPSA) is 93.4 Å². The number of hydrogen-bond acceptors (Lipinski definition) is 5. The minimum absolute atomic E-state index is 0.281. The first-order valence-corrected chi connectivity index (χ1v) is 5.80. The Bertz CT molecular complexity index is 419. The lowest BCUT2D eigenvalue weighted by molar-refractivity contribution is 0.415. The average Bonchev–Trinajstić information content (AvgIpc) is 2.27. The number of sulfonamides is 1. The van der Waals surface area contributed by atoms with Crippen molar-refractivity contribution in [3.05, 3.63) is 24.3 Å². The Morgan fingerprint density at radius 1 is 1.47 bits per heavy atom. The van der Waals surface area contributed by atoms with Crippen molar-refractivity contribution in [2.75, 3.05) is 18.3 Å². The second-order valence-electron chi connectivity index (χ2n) is 2.79. The lowest BCUT2D eigenvalue weighted by Gasteiger charge is -2.07. The van der Waals surface area contributed by atoms with Crippen molar-refractivity contribution in [1.29, 1.82) is 0 Å². The lowest BCUT2D eigenvalue weighted by atomic mass is 10.3. The normalized spacial score (nSPS) is 11.1. The van der Waals surface area contributed by atoms with E-state index in [-0.39, 0.29) is 5.88 Å². The Hall–Kier alpha value is -1.31. The fourth-order valence-corrected chi connectivity index (χ4v) is 1.39. The van der Waals surface area contributed by atoms with E-state index in [1.54, 1.807) is 29.1 Å². The van der Waals surface area contributed by atoms with Crippen LogP contribution in [0.15, 0.2) is 24.3 Å². The molecule has 1 aromatic carbocycles. The summed E-state index contributed by atoms with van der Waals surface area (Å²) in [6, 6.07) is 6.94. The number of methoxy groups -OCH3 is 1. The molecule has 15 heavy (non-hydrogen) atoms. The third-order valence-electron chi connectivity index (χ3n) is 1.72. The Kier molecular flexibility index (Phi) is 3.89. The standard InChI is InChI=1S/C8H13N3O3S/c1-14-8-4-2-3-7(5-8)10-6-15(12,13)11-9/h2-5,10-11H,6,9H2,1H3. The van der Waals surface area contributed by atoms with E-state index in [1.807, 2.05) is 0 Å². The third-order valence-corrected chi connectivity index (χ3v) is 2.60. The average molecular weight is 231 g/mol. The number of ether oxygens (including phenoxy) is 1. The number of rotatable bonds is 5. The molecule has 0 heterocycles. The van der Waals surface area contributed by atoms with Gasteiger partial charge in [-0.1, -0.05) is 6.07 Å². The molecular weight excluding hydrogens is 218 g/mol. The van der Waals surface area contributed by atoms with E-state index in [4.69, 9.17) is 10.6 Å². The van der Waals surface area contributed by atoms with Gasteiger partial charge in [-0.15, -0.1) is 0 Å². The van der Waals surface area contributed by atoms with E-state index in [2.05, 4.69) is 5.32 Å². The number of hydrogen-bond donors (Lipinski definition) is 3. The van der Waals surface area contributed by atoms with Gasteiger partial charge in [0.05, 0.1) is 7.11 Å². The summed E-state index contributed by atoms with van der Waals surface area (Å²) in [5.41, 5.74) is 0.646. The molecule has 4 N–H and O–H groups in total. The van der Waals surface area contributed by atoms with Gasteiger partial charge in [0.2, 0.25) is 10.0 Å². The van der Waals surface area contributed by atoms with Crippen molar-refractivity contribution in [3.63, 3.8) is 0 Å². The highest BCUT2D eigenvalue weighted by atomic mass is 32.2. The first-order valence-electron chi connectivity index (χ1n) is 4.15. The van der Waals surface area contributed by atoms with E-state index in [0.29, 0.717) is 11.4 Å². The summed E-state index contributed by atoms with van der Waals surface area (Å²) < 4.78 is 27.0. The second-order valence-corrected chi connectivity index (χ2v) is 4.54. The van der Waals surface area contributed by atoms with E-state index >= 15 is 0 Å². The summed E-state index contributed by atoms with van der Waals surface area (Å²) in [6.07, 6.45) is 0.